The van der Waals surface area contributed by atoms with Crippen LogP contribution in [0.25, 0.3) is 16.7 Å². The van der Waals surface area contributed by atoms with Crippen LogP contribution < -0.4 is 5.56 Å². The highest BCUT2D eigenvalue weighted by Gasteiger charge is 2.42. The summed E-state index contributed by atoms with van der Waals surface area (Å²) >= 11 is 5.96. The summed E-state index contributed by atoms with van der Waals surface area (Å²) in [5, 5.41) is 0.524. The molecule has 1 fully saturated rings. The molecule has 0 unspecified atom stereocenters. The fourth-order valence-corrected chi connectivity index (χ4v) is 3.95. The Labute approximate surface area is 164 Å². The van der Waals surface area contributed by atoms with Crippen LogP contribution in [-0.4, -0.2) is 20.7 Å². The Hall–Kier alpha value is -2.41. The summed E-state index contributed by atoms with van der Waals surface area (Å²) in [6.45, 7) is 0. The Bertz CT molecular complexity index is 1050. The first kappa shape index (κ1) is 18.9. The number of alkyl halides is 3. The fraction of sp³-hybridized carbons (Fsp3) is 0.350. The number of hydrogen-bond donors (Lipinski definition) is 0. The molecule has 0 radical (unpaired) electrons. The topological polar surface area (TPSA) is 47.8 Å². The average Bonchev–Trinajstić information content (AvgIpc) is 2.68. The van der Waals surface area contributed by atoms with Crippen molar-refractivity contribution in [2.45, 2.75) is 37.8 Å². The van der Waals surface area contributed by atoms with Gasteiger partial charge in [0.05, 0.1) is 17.1 Å². The van der Waals surface area contributed by atoms with E-state index >= 15 is 0 Å². The van der Waals surface area contributed by atoms with Crippen molar-refractivity contribution in [1.29, 1.82) is 0 Å². The molecular formula is C20H17ClF3N3O. The first-order valence-electron chi connectivity index (χ1n) is 9.05. The number of halogens is 4. The van der Waals surface area contributed by atoms with Crippen molar-refractivity contribution in [3.05, 3.63) is 63.8 Å². The highest BCUT2D eigenvalue weighted by atomic mass is 35.5. The molecule has 2 heterocycles. The third-order valence-electron chi connectivity index (χ3n) is 5.30. The van der Waals surface area contributed by atoms with E-state index in [1.165, 1.54) is 10.8 Å². The Morgan fingerprint density at radius 2 is 1.71 bits per heavy atom. The van der Waals surface area contributed by atoms with Crippen molar-refractivity contribution in [2.75, 3.05) is 0 Å². The van der Waals surface area contributed by atoms with Crippen molar-refractivity contribution in [2.24, 2.45) is 5.92 Å². The van der Waals surface area contributed by atoms with Gasteiger partial charge in [0.25, 0.3) is 5.56 Å². The number of pyridine rings is 1. The number of nitrogens with zero attached hydrogens (tertiary/aromatic N) is 3. The standard InChI is InChI=1S/C20H17ClF3N3O/c21-14-7-9-15(10-8-14)27-18(12-3-5-13(6-4-12)20(22,23)24)26-16-2-1-11-25-17(16)19(27)28/h1-2,7-13H,3-6H2/t12-,13+. The van der Waals surface area contributed by atoms with E-state index in [9.17, 15) is 18.0 Å². The lowest BCUT2D eigenvalue weighted by Crippen LogP contribution is -2.31. The SMILES string of the molecule is O=c1c2ncccc2nc([C@H]2CC[C@@H](C(F)(F)F)CC2)n1-c1ccc(Cl)cc1. The summed E-state index contributed by atoms with van der Waals surface area (Å²) in [5.74, 6) is -1.04. The second-order valence-corrected chi connectivity index (χ2v) is 7.48. The number of fused-ring (bicyclic) bond motifs is 1. The third-order valence-corrected chi connectivity index (χ3v) is 5.55. The molecule has 0 bridgehead atoms. The Balaban J connectivity index is 1.82. The van der Waals surface area contributed by atoms with Crippen LogP contribution in [0.2, 0.25) is 5.02 Å². The maximum absolute atomic E-state index is 13.1. The van der Waals surface area contributed by atoms with Crippen LogP contribution in [-0.2, 0) is 0 Å². The van der Waals surface area contributed by atoms with Gasteiger partial charge in [0, 0.05) is 17.1 Å². The minimum absolute atomic E-state index is 0.0374. The lowest BCUT2D eigenvalue weighted by molar-refractivity contribution is -0.182. The molecule has 1 aromatic carbocycles. The summed E-state index contributed by atoms with van der Waals surface area (Å²) in [6.07, 6.45) is -1.93. The van der Waals surface area contributed by atoms with E-state index in [4.69, 9.17) is 11.6 Å². The smallest absolute Gasteiger partial charge is 0.266 e. The van der Waals surface area contributed by atoms with Gasteiger partial charge >= 0.3 is 6.18 Å². The first-order chi connectivity index (χ1) is 13.3. The van der Waals surface area contributed by atoms with Crippen LogP contribution >= 0.6 is 11.6 Å². The van der Waals surface area contributed by atoms with Crippen molar-refractivity contribution in [3.63, 3.8) is 0 Å². The molecule has 1 aliphatic carbocycles. The highest BCUT2D eigenvalue weighted by molar-refractivity contribution is 6.30. The van der Waals surface area contributed by atoms with Crippen LogP contribution in [0, 0.1) is 5.92 Å². The van der Waals surface area contributed by atoms with Crippen LogP contribution in [0.15, 0.2) is 47.4 Å². The fourth-order valence-electron chi connectivity index (χ4n) is 3.83. The Kier molecular flexibility index (Phi) is 4.87. The molecule has 3 aromatic rings. The zero-order valence-electron chi connectivity index (χ0n) is 14.8. The van der Waals surface area contributed by atoms with Gasteiger partial charge in [-0.15, -0.1) is 0 Å². The van der Waals surface area contributed by atoms with E-state index in [2.05, 4.69) is 9.97 Å². The number of benzene rings is 1. The average molecular weight is 408 g/mol. The van der Waals surface area contributed by atoms with Crippen molar-refractivity contribution < 1.29 is 13.2 Å². The van der Waals surface area contributed by atoms with E-state index < -0.39 is 12.1 Å². The van der Waals surface area contributed by atoms with Crippen molar-refractivity contribution >= 4 is 22.6 Å². The molecule has 0 amide bonds. The normalized spacial score (nSPS) is 20.4. The van der Waals surface area contributed by atoms with E-state index in [1.807, 2.05) is 0 Å². The van der Waals surface area contributed by atoms with Crippen molar-refractivity contribution in [3.8, 4) is 5.69 Å². The van der Waals surface area contributed by atoms with Crippen LogP contribution in [0.1, 0.15) is 37.4 Å². The monoisotopic (exact) mass is 407 g/mol. The minimum Gasteiger partial charge on any atom is -0.266 e. The maximum Gasteiger partial charge on any atom is 0.391 e. The van der Waals surface area contributed by atoms with Gasteiger partial charge in [-0.1, -0.05) is 11.6 Å². The molecule has 0 spiro atoms. The number of hydrogen-bond acceptors (Lipinski definition) is 3. The van der Waals surface area contributed by atoms with Gasteiger partial charge in [0.2, 0.25) is 0 Å². The number of rotatable bonds is 2. The molecule has 4 nitrogen and oxygen atoms in total. The molecular weight excluding hydrogens is 391 g/mol. The van der Waals surface area contributed by atoms with Crippen LogP contribution in [0.5, 0.6) is 0 Å². The molecule has 28 heavy (non-hydrogen) atoms. The Morgan fingerprint density at radius 3 is 2.36 bits per heavy atom. The summed E-state index contributed by atoms with van der Waals surface area (Å²) in [7, 11) is 0. The number of aromatic nitrogens is 3. The third kappa shape index (κ3) is 3.51. The van der Waals surface area contributed by atoms with Gasteiger partial charge in [0.1, 0.15) is 5.82 Å². The predicted octanol–water partition coefficient (Wildman–Crippen LogP) is 5.27. The van der Waals surface area contributed by atoms with E-state index in [0.29, 0.717) is 34.9 Å². The molecule has 4 rings (SSSR count). The zero-order valence-corrected chi connectivity index (χ0v) is 15.5. The van der Waals surface area contributed by atoms with Gasteiger partial charge in [0.15, 0.2) is 5.52 Å². The summed E-state index contributed by atoms with van der Waals surface area (Å²) in [4.78, 5) is 21.9. The predicted molar refractivity (Wildman–Crippen MR) is 101 cm³/mol. The largest absolute Gasteiger partial charge is 0.391 e. The summed E-state index contributed by atoms with van der Waals surface area (Å²) in [6, 6.07) is 10.1. The van der Waals surface area contributed by atoms with Crippen LogP contribution in [0.3, 0.4) is 0 Å². The zero-order chi connectivity index (χ0) is 19.9. The van der Waals surface area contributed by atoms with Gasteiger partial charge in [-0.05, 0) is 62.1 Å². The molecule has 1 saturated carbocycles. The highest BCUT2D eigenvalue weighted by Crippen LogP contribution is 2.42. The minimum atomic E-state index is -4.18. The lowest BCUT2D eigenvalue weighted by atomic mass is 9.81. The van der Waals surface area contributed by atoms with Gasteiger partial charge < -0.3 is 0 Å². The van der Waals surface area contributed by atoms with Crippen LogP contribution in [0.4, 0.5) is 13.2 Å². The molecule has 0 atom stereocenters. The van der Waals surface area contributed by atoms with Gasteiger partial charge in [-0.25, -0.2) is 9.97 Å². The summed E-state index contributed by atoms with van der Waals surface area (Å²) < 4.78 is 40.6. The van der Waals surface area contributed by atoms with Gasteiger partial charge in [-0.3, -0.25) is 9.36 Å². The molecule has 146 valence electrons. The van der Waals surface area contributed by atoms with Gasteiger partial charge in [-0.2, -0.15) is 13.2 Å². The molecule has 0 saturated heterocycles. The molecule has 0 N–H and O–H groups in total. The lowest BCUT2D eigenvalue weighted by Gasteiger charge is -2.30. The second-order valence-electron chi connectivity index (χ2n) is 7.05. The maximum atomic E-state index is 13.1. The van der Waals surface area contributed by atoms with E-state index in [1.54, 1.807) is 36.4 Å². The van der Waals surface area contributed by atoms with E-state index in [0.717, 1.165) is 0 Å². The van der Waals surface area contributed by atoms with E-state index in [-0.39, 0.29) is 29.8 Å². The quantitative estimate of drug-likeness (QED) is 0.581. The molecule has 0 aliphatic heterocycles. The second kappa shape index (κ2) is 7.20. The Morgan fingerprint density at radius 1 is 1.04 bits per heavy atom. The first-order valence-corrected chi connectivity index (χ1v) is 9.42. The molecule has 8 heteroatoms. The molecule has 1 aliphatic rings. The van der Waals surface area contributed by atoms with Crippen molar-refractivity contribution in [1.82, 2.24) is 14.5 Å². The summed E-state index contributed by atoms with van der Waals surface area (Å²) in [5.41, 5.74) is 0.916. The molecule has 2 aromatic heterocycles.